The number of aromatic amines is 1. The van der Waals surface area contributed by atoms with Gasteiger partial charge in [-0.3, -0.25) is 19.3 Å². The van der Waals surface area contributed by atoms with Gasteiger partial charge in [0.1, 0.15) is 29.1 Å². The molecular formula is C25H36N8O6. The molecule has 0 aromatic carbocycles. The molecule has 14 heteroatoms. The van der Waals surface area contributed by atoms with Gasteiger partial charge in [-0.05, 0) is 66.0 Å². The van der Waals surface area contributed by atoms with Crippen LogP contribution in [-0.4, -0.2) is 72.8 Å². The molecule has 0 aliphatic carbocycles. The molecule has 3 N–H and O–H groups in total. The maximum atomic E-state index is 13.9. The van der Waals surface area contributed by atoms with Crippen LogP contribution in [0.2, 0.25) is 0 Å². The molecule has 3 rings (SSSR count). The normalized spacial score (nSPS) is 15.7. The first-order valence-corrected chi connectivity index (χ1v) is 12.7. The van der Waals surface area contributed by atoms with Crippen LogP contribution < -0.4 is 15.5 Å². The minimum Gasteiger partial charge on any atom is -0.460 e. The van der Waals surface area contributed by atoms with Gasteiger partial charge in [0.2, 0.25) is 5.91 Å². The smallest absolute Gasteiger partial charge is 0.408 e. The van der Waals surface area contributed by atoms with E-state index in [1.54, 1.807) is 53.7 Å². The molecule has 0 saturated carbocycles. The van der Waals surface area contributed by atoms with Crippen LogP contribution in [0.25, 0.3) is 0 Å². The Morgan fingerprint density at radius 1 is 1.13 bits per heavy atom. The number of hydrogen-bond acceptors (Lipinski definition) is 10. The van der Waals surface area contributed by atoms with Crippen molar-refractivity contribution in [2.75, 3.05) is 4.90 Å². The average Bonchev–Trinajstić information content (AvgIpc) is 3.47. The highest BCUT2D eigenvalue weighted by molar-refractivity contribution is 6.05. The van der Waals surface area contributed by atoms with Crippen molar-refractivity contribution in [3.8, 4) is 0 Å². The number of nitrogens with zero attached hydrogens (tertiary/aromatic N) is 5. The van der Waals surface area contributed by atoms with E-state index in [0.29, 0.717) is 11.4 Å². The van der Waals surface area contributed by atoms with Gasteiger partial charge in [0.25, 0.3) is 5.91 Å². The Morgan fingerprint density at radius 3 is 2.49 bits per heavy atom. The SMILES string of the molecule is CC(C)(C)OC(=O)CCC[C@H](NC(=O)OC(C)(C)C)C(=O)N1c2ncccc2C[C@H]1C(=O)NCc1nn[nH]n1. The first kappa shape index (κ1) is 29.5. The van der Waals surface area contributed by atoms with E-state index in [4.69, 9.17) is 9.47 Å². The van der Waals surface area contributed by atoms with Gasteiger partial charge in [-0.1, -0.05) is 11.3 Å². The van der Waals surface area contributed by atoms with Crippen molar-refractivity contribution < 1.29 is 28.7 Å². The van der Waals surface area contributed by atoms with Crippen LogP contribution >= 0.6 is 0 Å². The first-order chi connectivity index (χ1) is 18.2. The van der Waals surface area contributed by atoms with Gasteiger partial charge in [0.05, 0.1) is 6.54 Å². The molecule has 2 aromatic rings. The summed E-state index contributed by atoms with van der Waals surface area (Å²) in [6.45, 7) is 10.4. The lowest BCUT2D eigenvalue weighted by molar-refractivity contribution is -0.155. The minimum absolute atomic E-state index is 0.00706. The van der Waals surface area contributed by atoms with E-state index in [0.717, 1.165) is 0 Å². The van der Waals surface area contributed by atoms with Gasteiger partial charge in [0.15, 0.2) is 5.82 Å². The number of rotatable bonds is 9. The fraction of sp³-hybridized carbons (Fsp3) is 0.600. The summed E-state index contributed by atoms with van der Waals surface area (Å²) in [5, 5.41) is 18.7. The van der Waals surface area contributed by atoms with Gasteiger partial charge in [-0.25, -0.2) is 9.78 Å². The quantitative estimate of drug-likeness (QED) is 0.392. The number of fused-ring (bicyclic) bond motifs is 1. The number of anilines is 1. The highest BCUT2D eigenvalue weighted by atomic mass is 16.6. The molecule has 1 aliphatic rings. The number of hydrogen-bond donors (Lipinski definition) is 3. The van der Waals surface area contributed by atoms with Crippen molar-refractivity contribution in [1.82, 2.24) is 36.2 Å². The van der Waals surface area contributed by atoms with E-state index in [9.17, 15) is 19.2 Å². The molecule has 3 amide bonds. The summed E-state index contributed by atoms with van der Waals surface area (Å²) in [7, 11) is 0. The molecule has 2 atom stereocenters. The summed E-state index contributed by atoms with van der Waals surface area (Å²) in [5.41, 5.74) is -0.739. The zero-order valence-electron chi connectivity index (χ0n) is 23.1. The number of tetrazole rings is 1. The fourth-order valence-electron chi connectivity index (χ4n) is 3.98. The van der Waals surface area contributed by atoms with Crippen LogP contribution in [0, 0.1) is 0 Å². The second-order valence-electron chi connectivity index (χ2n) is 11.1. The van der Waals surface area contributed by atoms with Gasteiger partial charge in [-0.15, -0.1) is 10.2 Å². The summed E-state index contributed by atoms with van der Waals surface area (Å²) < 4.78 is 10.7. The molecule has 1 aliphatic heterocycles. The summed E-state index contributed by atoms with van der Waals surface area (Å²) >= 11 is 0. The van der Waals surface area contributed by atoms with Crippen LogP contribution in [0.1, 0.15) is 72.2 Å². The zero-order chi connectivity index (χ0) is 28.8. The average molecular weight is 545 g/mol. The summed E-state index contributed by atoms with van der Waals surface area (Å²) in [6.07, 6.45) is 1.35. The lowest BCUT2D eigenvalue weighted by atomic mass is 10.1. The van der Waals surface area contributed by atoms with Gasteiger partial charge < -0.3 is 20.1 Å². The Kier molecular flexibility index (Phi) is 9.20. The molecule has 0 unspecified atom stereocenters. The van der Waals surface area contributed by atoms with E-state index in [-0.39, 0.29) is 38.1 Å². The predicted octanol–water partition coefficient (Wildman–Crippen LogP) is 1.57. The van der Waals surface area contributed by atoms with Crippen LogP contribution in [0.5, 0.6) is 0 Å². The summed E-state index contributed by atoms with van der Waals surface area (Å²) in [5.74, 6) is -0.817. The Hall–Kier alpha value is -4.10. The number of nitrogens with one attached hydrogen (secondary N) is 3. The van der Waals surface area contributed by atoms with Crippen molar-refractivity contribution in [3.05, 3.63) is 29.7 Å². The number of amides is 3. The monoisotopic (exact) mass is 544 g/mol. The van der Waals surface area contributed by atoms with Crippen LogP contribution in [0.4, 0.5) is 10.6 Å². The highest BCUT2D eigenvalue weighted by Crippen LogP contribution is 2.31. The third kappa shape index (κ3) is 8.72. The number of esters is 1. The van der Waals surface area contributed by atoms with Crippen LogP contribution in [0.15, 0.2) is 18.3 Å². The Bertz CT molecular complexity index is 1170. The molecule has 212 valence electrons. The first-order valence-electron chi connectivity index (χ1n) is 12.7. The van der Waals surface area contributed by atoms with Crippen molar-refractivity contribution in [3.63, 3.8) is 0 Å². The van der Waals surface area contributed by atoms with Gasteiger partial charge in [0, 0.05) is 19.0 Å². The fourth-order valence-corrected chi connectivity index (χ4v) is 3.98. The van der Waals surface area contributed by atoms with E-state index >= 15 is 0 Å². The number of carbonyl (C=O) groups is 4. The van der Waals surface area contributed by atoms with E-state index in [1.807, 2.05) is 0 Å². The van der Waals surface area contributed by atoms with Gasteiger partial charge >= 0.3 is 12.1 Å². The summed E-state index contributed by atoms with van der Waals surface area (Å²) in [6, 6.07) is 1.48. The lowest BCUT2D eigenvalue weighted by Gasteiger charge is -2.29. The Labute approximate surface area is 226 Å². The summed E-state index contributed by atoms with van der Waals surface area (Å²) in [4.78, 5) is 57.7. The lowest BCUT2D eigenvalue weighted by Crippen LogP contribution is -2.55. The third-order valence-electron chi connectivity index (χ3n) is 5.45. The van der Waals surface area contributed by atoms with Crippen molar-refractivity contribution in [2.24, 2.45) is 0 Å². The second kappa shape index (κ2) is 12.2. The molecule has 0 bridgehead atoms. The van der Waals surface area contributed by atoms with E-state index in [2.05, 4.69) is 36.2 Å². The van der Waals surface area contributed by atoms with Crippen molar-refractivity contribution in [1.29, 1.82) is 0 Å². The topological polar surface area (TPSA) is 181 Å². The Morgan fingerprint density at radius 2 is 1.85 bits per heavy atom. The molecule has 0 saturated heterocycles. The molecule has 0 radical (unpaired) electrons. The van der Waals surface area contributed by atoms with Gasteiger partial charge in [-0.2, -0.15) is 5.21 Å². The second-order valence-corrected chi connectivity index (χ2v) is 11.1. The minimum atomic E-state index is -1.09. The van der Waals surface area contributed by atoms with Crippen LogP contribution in [0.3, 0.4) is 0 Å². The maximum Gasteiger partial charge on any atom is 0.408 e. The molecule has 2 aromatic heterocycles. The third-order valence-corrected chi connectivity index (χ3v) is 5.45. The largest absolute Gasteiger partial charge is 0.460 e. The number of pyridine rings is 1. The van der Waals surface area contributed by atoms with E-state index in [1.165, 1.54) is 11.1 Å². The van der Waals surface area contributed by atoms with E-state index < -0.39 is 47.2 Å². The maximum absolute atomic E-state index is 13.9. The number of alkyl carbamates (subject to hydrolysis) is 1. The number of aromatic nitrogens is 5. The zero-order valence-corrected chi connectivity index (χ0v) is 23.1. The molecule has 0 spiro atoms. The Balaban J connectivity index is 1.80. The standard InChI is InChI=1S/C25H36N8O6/c1-24(2,3)38-19(34)11-7-10-16(28-23(37)39-25(4,5)6)22(36)33-17(13-15-9-8-12-26-20(15)33)21(35)27-14-18-29-31-32-30-18/h8-9,12,16-17H,7,10-11,13-14H2,1-6H3,(H,27,35)(H,28,37)(H,29,30,31,32)/t16-,17-/m0/s1. The predicted molar refractivity (Wildman–Crippen MR) is 138 cm³/mol. The molecular weight excluding hydrogens is 508 g/mol. The molecule has 0 fully saturated rings. The molecule has 39 heavy (non-hydrogen) atoms. The molecule has 3 heterocycles. The number of carbonyl (C=O) groups excluding carboxylic acids is 4. The molecule has 14 nitrogen and oxygen atoms in total. The van der Waals surface area contributed by atoms with Crippen LogP contribution in [-0.2, 0) is 36.8 Å². The highest BCUT2D eigenvalue weighted by Gasteiger charge is 2.42. The van der Waals surface area contributed by atoms with Crippen molar-refractivity contribution >= 4 is 29.7 Å². The number of ether oxygens (including phenoxy) is 2. The number of H-pyrrole nitrogens is 1. The van der Waals surface area contributed by atoms with Crippen molar-refractivity contribution in [2.45, 2.75) is 97.1 Å².